The molecule has 6 nitrogen and oxygen atoms in total. The molecule has 0 bridgehead atoms. The molecular formula is C24H31NO5S. The Labute approximate surface area is 187 Å². The van der Waals surface area contributed by atoms with Gasteiger partial charge in [0.2, 0.25) is 0 Å². The monoisotopic (exact) mass is 445 g/mol. The molecule has 31 heavy (non-hydrogen) atoms. The number of thiophene rings is 1. The van der Waals surface area contributed by atoms with Crippen molar-refractivity contribution >= 4 is 29.4 Å². The number of carboxylic acid groups (broad SMARTS) is 1. The summed E-state index contributed by atoms with van der Waals surface area (Å²) in [6.45, 7) is 8.96. The standard InChI is InChI=1S/C24H31NO5S/c1-5-6-11-29-21-12-17(8-10-22(26)27)7-9-20(21)18-13-19(31-16-18)14-25-15-23(28)30-24(2,3)4/h7-10,12-13,16,25H,5-6,11,14-15H2,1-4H3,(H,26,27). The maximum absolute atomic E-state index is 11.8. The second kappa shape index (κ2) is 11.7. The zero-order valence-corrected chi connectivity index (χ0v) is 19.4. The predicted octanol–water partition coefficient (Wildman–Crippen LogP) is 5.12. The lowest BCUT2D eigenvalue weighted by molar-refractivity contribution is -0.153. The second-order valence-corrected chi connectivity index (χ2v) is 9.12. The van der Waals surface area contributed by atoms with E-state index in [9.17, 15) is 9.59 Å². The van der Waals surface area contributed by atoms with Crippen molar-refractivity contribution in [3.8, 4) is 16.9 Å². The van der Waals surface area contributed by atoms with Crippen LogP contribution in [-0.2, 0) is 20.9 Å². The lowest BCUT2D eigenvalue weighted by Crippen LogP contribution is -2.31. The average molecular weight is 446 g/mol. The number of ether oxygens (including phenoxy) is 2. The van der Waals surface area contributed by atoms with Crippen LogP contribution in [0.5, 0.6) is 5.75 Å². The zero-order chi connectivity index (χ0) is 22.9. The number of hydrogen-bond acceptors (Lipinski definition) is 6. The van der Waals surface area contributed by atoms with E-state index in [1.165, 1.54) is 0 Å². The highest BCUT2D eigenvalue weighted by Crippen LogP contribution is 2.34. The van der Waals surface area contributed by atoms with Gasteiger partial charge in [-0.25, -0.2) is 4.79 Å². The molecule has 168 valence electrons. The maximum Gasteiger partial charge on any atom is 0.328 e. The summed E-state index contributed by atoms with van der Waals surface area (Å²) in [6, 6.07) is 7.76. The van der Waals surface area contributed by atoms with Gasteiger partial charge < -0.3 is 19.9 Å². The van der Waals surface area contributed by atoms with Gasteiger partial charge in [0.25, 0.3) is 0 Å². The van der Waals surface area contributed by atoms with E-state index in [1.807, 2.05) is 39.0 Å². The molecule has 2 N–H and O–H groups in total. The minimum absolute atomic E-state index is 0.153. The average Bonchev–Trinajstić information content (AvgIpc) is 3.14. The van der Waals surface area contributed by atoms with Crippen LogP contribution < -0.4 is 10.1 Å². The van der Waals surface area contributed by atoms with Gasteiger partial charge in [-0.2, -0.15) is 0 Å². The molecule has 0 aliphatic carbocycles. The lowest BCUT2D eigenvalue weighted by Gasteiger charge is -2.19. The van der Waals surface area contributed by atoms with Crippen LogP contribution >= 0.6 is 11.3 Å². The normalized spacial score (nSPS) is 11.6. The van der Waals surface area contributed by atoms with Crippen molar-refractivity contribution in [3.05, 3.63) is 46.2 Å². The molecule has 0 fully saturated rings. The van der Waals surface area contributed by atoms with Gasteiger partial charge in [-0.15, -0.1) is 11.3 Å². The first kappa shape index (κ1) is 24.6. The maximum atomic E-state index is 11.8. The fraction of sp³-hybridized carbons (Fsp3) is 0.417. The highest BCUT2D eigenvalue weighted by Gasteiger charge is 2.16. The minimum atomic E-state index is -0.987. The van der Waals surface area contributed by atoms with E-state index in [-0.39, 0.29) is 12.5 Å². The molecule has 1 heterocycles. The van der Waals surface area contributed by atoms with Crippen LogP contribution in [0.15, 0.2) is 35.7 Å². The molecule has 0 unspecified atom stereocenters. The van der Waals surface area contributed by atoms with Crippen LogP contribution in [0, 0.1) is 0 Å². The van der Waals surface area contributed by atoms with Crippen molar-refractivity contribution in [2.75, 3.05) is 13.2 Å². The van der Waals surface area contributed by atoms with Crippen LogP contribution in [0.3, 0.4) is 0 Å². The second-order valence-electron chi connectivity index (χ2n) is 8.12. The molecule has 0 saturated heterocycles. The summed E-state index contributed by atoms with van der Waals surface area (Å²) in [6.07, 6.45) is 4.64. The summed E-state index contributed by atoms with van der Waals surface area (Å²) in [4.78, 5) is 23.7. The van der Waals surface area contributed by atoms with Crippen LogP contribution in [0.4, 0.5) is 0 Å². The Morgan fingerprint density at radius 1 is 1.23 bits per heavy atom. The minimum Gasteiger partial charge on any atom is -0.493 e. The first-order valence-electron chi connectivity index (χ1n) is 10.4. The van der Waals surface area contributed by atoms with E-state index in [4.69, 9.17) is 14.6 Å². The van der Waals surface area contributed by atoms with Gasteiger partial charge in [-0.1, -0.05) is 25.5 Å². The summed E-state index contributed by atoms with van der Waals surface area (Å²) in [7, 11) is 0. The third kappa shape index (κ3) is 8.94. The Balaban J connectivity index is 2.09. The van der Waals surface area contributed by atoms with Crippen LogP contribution in [0.1, 0.15) is 51.0 Å². The van der Waals surface area contributed by atoms with Gasteiger partial charge in [-0.3, -0.25) is 4.79 Å². The Morgan fingerprint density at radius 2 is 2.00 bits per heavy atom. The van der Waals surface area contributed by atoms with Crippen molar-refractivity contribution in [1.82, 2.24) is 5.32 Å². The quantitative estimate of drug-likeness (QED) is 0.284. The number of carbonyl (C=O) groups excluding carboxylic acids is 1. The molecule has 7 heteroatoms. The van der Waals surface area contributed by atoms with E-state index in [2.05, 4.69) is 23.7 Å². The van der Waals surface area contributed by atoms with Crippen molar-refractivity contribution in [3.63, 3.8) is 0 Å². The number of rotatable bonds is 11. The lowest BCUT2D eigenvalue weighted by atomic mass is 10.0. The molecule has 0 saturated carbocycles. The molecule has 0 aliphatic rings. The molecular weight excluding hydrogens is 414 g/mol. The van der Waals surface area contributed by atoms with Gasteiger partial charge in [0.1, 0.15) is 11.4 Å². The number of carboxylic acids is 1. The summed E-state index contributed by atoms with van der Waals surface area (Å²) >= 11 is 1.60. The third-order valence-corrected chi connectivity index (χ3v) is 5.07. The number of benzene rings is 1. The number of nitrogens with one attached hydrogen (secondary N) is 1. The molecule has 2 aromatic rings. The first-order chi connectivity index (χ1) is 14.7. The van der Waals surface area contributed by atoms with Crippen molar-refractivity contribution in [2.45, 2.75) is 52.7 Å². The van der Waals surface area contributed by atoms with E-state index >= 15 is 0 Å². The smallest absolute Gasteiger partial charge is 0.328 e. The topological polar surface area (TPSA) is 84.9 Å². The number of carbonyl (C=O) groups is 2. The Morgan fingerprint density at radius 3 is 2.68 bits per heavy atom. The molecule has 2 rings (SSSR count). The van der Waals surface area contributed by atoms with E-state index in [0.717, 1.165) is 46.2 Å². The van der Waals surface area contributed by atoms with Crippen molar-refractivity contribution in [2.24, 2.45) is 0 Å². The number of aliphatic carboxylic acids is 1. The van der Waals surface area contributed by atoms with Crippen LogP contribution in [0.2, 0.25) is 0 Å². The fourth-order valence-corrected chi connectivity index (χ4v) is 3.63. The van der Waals surface area contributed by atoms with Crippen molar-refractivity contribution in [1.29, 1.82) is 0 Å². The number of esters is 1. The highest BCUT2D eigenvalue weighted by molar-refractivity contribution is 7.10. The SMILES string of the molecule is CCCCOc1cc(C=CC(=O)O)ccc1-c1csc(CNCC(=O)OC(C)(C)C)c1. The number of hydrogen-bond donors (Lipinski definition) is 2. The zero-order valence-electron chi connectivity index (χ0n) is 18.6. The fourth-order valence-electron chi connectivity index (χ4n) is 2.77. The Bertz CT molecular complexity index is 911. The molecule has 0 radical (unpaired) electrons. The van der Waals surface area contributed by atoms with E-state index in [0.29, 0.717) is 13.2 Å². The third-order valence-electron chi connectivity index (χ3n) is 4.13. The van der Waals surface area contributed by atoms with E-state index in [1.54, 1.807) is 17.4 Å². The summed E-state index contributed by atoms with van der Waals surface area (Å²) in [5, 5.41) is 14.0. The summed E-state index contributed by atoms with van der Waals surface area (Å²) in [5.74, 6) is -0.535. The molecule has 1 aromatic carbocycles. The molecule has 0 atom stereocenters. The molecule has 1 aromatic heterocycles. The van der Waals surface area contributed by atoms with Gasteiger partial charge in [-0.05, 0) is 61.9 Å². The van der Waals surface area contributed by atoms with Gasteiger partial charge in [0.15, 0.2) is 0 Å². The largest absolute Gasteiger partial charge is 0.493 e. The van der Waals surface area contributed by atoms with Gasteiger partial charge >= 0.3 is 11.9 Å². The van der Waals surface area contributed by atoms with E-state index < -0.39 is 11.6 Å². The Hall–Kier alpha value is -2.64. The Kier molecular flexibility index (Phi) is 9.27. The molecule has 0 amide bonds. The predicted molar refractivity (Wildman–Crippen MR) is 124 cm³/mol. The molecule has 0 spiro atoms. The van der Waals surface area contributed by atoms with Gasteiger partial charge in [0, 0.05) is 23.1 Å². The van der Waals surface area contributed by atoms with Gasteiger partial charge in [0.05, 0.1) is 13.2 Å². The van der Waals surface area contributed by atoms with Crippen molar-refractivity contribution < 1.29 is 24.2 Å². The molecule has 0 aliphatic heterocycles. The van der Waals surface area contributed by atoms with Crippen LogP contribution in [-0.4, -0.2) is 35.8 Å². The number of unbranched alkanes of at least 4 members (excludes halogenated alkanes) is 1. The highest BCUT2D eigenvalue weighted by atomic mass is 32.1. The summed E-state index contributed by atoms with van der Waals surface area (Å²) < 4.78 is 11.3. The van der Waals surface area contributed by atoms with Crippen LogP contribution in [0.25, 0.3) is 17.2 Å². The first-order valence-corrected chi connectivity index (χ1v) is 11.2. The summed E-state index contributed by atoms with van der Waals surface area (Å²) in [5.41, 5.74) is 2.26.